The van der Waals surface area contributed by atoms with Crippen molar-refractivity contribution in [2.75, 3.05) is 17.2 Å². The molecule has 3 aromatic rings. The van der Waals surface area contributed by atoms with Gasteiger partial charge in [-0.25, -0.2) is 14.5 Å². The molecule has 0 aromatic carbocycles. The van der Waals surface area contributed by atoms with Gasteiger partial charge < -0.3 is 10.6 Å². The van der Waals surface area contributed by atoms with Gasteiger partial charge in [-0.15, -0.1) is 0 Å². The molecule has 1 unspecified atom stereocenters. The van der Waals surface area contributed by atoms with Crippen molar-refractivity contribution in [2.45, 2.75) is 39.3 Å². The number of hydrogen-bond donors (Lipinski definition) is 1. The molecule has 10 heteroatoms. The van der Waals surface area contributed by atoms with Crippen molar-refractivity contribution < 1.29 is 9.59 Å². The van der Waals surface area contributed by atoms with Crippen LogP contribution in [0, 0.1) is 11.3 Å². The third-order valence-corrected chi connectivity index (χ3v) is 5.63. The van der Waals surface area contributed by atoms with Crippen molar-refractivity contribution in [1.29, 1.82) is 5.26 Å². The second-order valence-corrected chi connectivity index (χ2v) is 8.05. The lowest BCUT2D eigenvalue weighted by Crippen LogP contribution is -2.67. The van der Waals surface area contributed by atoms with Gasteiger partial charge in [0.1, 0.15) is 29.3 Å². The van der Waals surface area contributed by atoms with Crippen molar-refractivity contribution in [1.82, 2.24) is 24.5 Å². The molecular formula is C21H22N8O2. The van der Waals surface area contributed by atoms with Crippen LogP contribution in [0.25, 0.3) is 16.9 Å². The summed E-state index contributed by atoms with van der Waals surface area (Å²) in [6, 6.07) is 8.81. The predicted octanol–water partition coefficient (Wildman–Crippen LogP) is 1.61. The molecule has 10 nitrogen and oxygen atoms in total. The van der Waals surface area contributed by atoms with E-state index < -0.39 is 5.54 Å². The Hall–Kier alpha value is -4.00. The van der Waals surface area contributed by atoms with E-state index in [9.17, 15) is 14.9 Å². The molecule has 0 aliphatic carbocycles. The summed E-state index contributed by atoms with van der Waals surface area (Å²) in [5, 5.41) is 13.7. The Bertz CT molecular complexity index is 1260. The number of nitriles is 1. The number of pyridine rings is 1. The fourth-order valence-corrected chi connectivity index (χ4v) is 4.07. The molecule has 2 amide bonds. The molecule has 1 aliphatic heterocycles. The maximum absolute atomic E-state index is 13.3. The first kappa shape index (κ1) is 20.3. The maximum Gasteiger partial charge on any atom is 0.253 e. The van der Waals surface area contributed by atoms with Gasteiger partial charge in [0.15, 0.2) is 5.82 Å². The summed E-state index contributed by atoms with van der Waals surface area (Å²) in [6.07, 6.45) is 1.31. The van der Waals surface area contributed by atoms with Crippen LogP contribution in [0.2, 0.25) is 0 Å². The largest absolute Gasteiger partial charge is 0.382 e. The van der Waals surface area contributed by atoms with Crippen molar-refractivity contribution in [2.24, 2.45) is 0 Å². The first-order valence-electron chi connectivity index (χ1n) is 9.78. The lowest BCUT2D eigenvalue weighted by atomic mass is 9.94. The molecule has 1 atom stereocenters. The van der Waals surface area contributed by atoms with Gasteiger partial charge in [-0.05, 0) is 39.0 Å². The third kappa shape index (κ3) is 3.06. The molecule has 0 saturated carbocycles. The van der Waals surface area contributed by atoms with Gasteiger partial charge in [0.05, 0.1) is 23.0 Å². The van der Waals surface area contributed by atoms with Gasteiger partial charge in [0.25, 0.3) is 5.91 Å². The van der Waals surface area contributed by atoms with Crippen molar-refractivity contribution in [3.05, 3.63) is 36.2 Å². The smallest absolute Gasteiger partial charge is 0.253 e. The Kier molecular flexibility index (Phi) is 4.61. The number of piperazine rings is 1. The monoisotopic (exact) mass is 418 g/mol. The van der Waals surface area contributed by atoms with E-state index in [0.717, 1.165) is 0 Å². The molecule has 1 saturated heterocycles. The average Bonchev–Trinajstić information content (AvgIpc) is 3.11. The van der Waals surface area contributed by atoms with Gasteiger partial charge in [-0.2, -0.15) is 10.4 Å². The van der Waals surface area contributed by atoms with Crippen LogP contribution in [-0.4, -0.2) is 54.4 Å². The summed E-state index contributed by atoms with van der Waals surface area (Å²) < 4.78 is 1.52. The van der Waals surface area contributed by atoms with E-state index in [1.165, 1.54) is 17.8 Å². The summed E-state index contributed by atoms with van der Waals surface area (Å²) in [6.45, 7) is 7.22. The zero-order valence-electron chi connectivity index (χ0n) is 17.7. The van der Waals surface area contributed by atoms with Crippen LogP contribution in [0.15, 0.2) is 30.6 Å². The normalized spacial score (nSPS) is 18.3. The standard InChI is InChI=1S/C21H22N8O2/c1-12-10-27(13(2)30)21(3,4)20(31)28(12)17-7-5-6-15(26-17)16-8-14(9-22)18-19(23)24-11-25-29(16)18/h5-8,11-12H,10H2,1-4H3,(H2,23,24,25). The summed E-state index contributed by atoms with van der Waals surface area (Å²) in [5.74, 6) is 0.296. The summed E-state index contributed by atoms with van der Waals surface area (Å²) in [5.41, 5.74) is 6.78. The van der Waals surface area contributed by atoms with Crippen molar-refractivity contribution >= 4 is 29.0 Å². The number of amides is 2. The fourth-order valence-electron chi connectivity index (χ4n) is 4.07. The lowest BCUT2D eigenvalue weighted by molar-refractivity contribution is -0.146. The van der Waals surface area contributed by atoms with Crippen LogP contribution in [0.1, 0.15) is 33.3 Å². The minimum absolute atomic E-state index is 0.146. The number of nitrogens with zero attached hydrogens (tertiary/aromatic N) is 7. The molecule has 1 aliphatic rings. The second-order valence-electron chi connectivity index (χ2n) is 8.05. The lowest BCUT2D eigenvalue weighted by Gasteiger charge is -2.48. The van der Waals surface area contributed by atoms with Gasteiger partial charge in [0.2, 0.25) is 5.91 Å². The number of carbonyl (C=O) groups excluding carboxylic acids is 2. The second kappa shape index (κ2) is 7.05. The molecular weight excluding hydrogens is 396 g/mol. The highest BCUT2D eigenvalue weighted by Crippen LogP contribution is 2.32. The van der Waals surface area contributed by atoms with Gasteiger partial charge in [0, 0.05) is 13.5 Å². The van der Waals surface area contributed by atoms with Crippen molar-refractivity contribution in [3.63, 3.8) is 0 Å². The third-order valence-electron chi connectivity index (χ3n) is 5.63. The molecule has 158 valence electrons. The Morgan fingerprint density at radius 3 is 2.77 bits per heavy atom. The number of rotatable bonds is 2. The minimum atomic E-state index is -0.993. The molecule has 4 rings (SSSR count). The SMILES string of the molecule is CC(=O)N1CC(C)N(c2cccc(-c3cc(C#N)c4c(N)ncnn34)n2)C(=O)C1(C)C. The van der Waals surface area contributed by atoms with Gasteiger partial charge in [-0.1, -0.05) is 6.07 Å². The van der Waals surface area contributed by atoms with Crippen LogP contribution in [0.4, 0.5) is 11.6 Å². The molecule has 0 radical (unpaired) electrons. The summed E-state index contributed by atoms with van der Waals surface area (Å²) >= 11 is 0. The predicted molar refractivity (Wildman–Crippen MR) is 114 cm³/mol. The zero-order chi connectivity index (χ0) is 22.5. The first-order valence-corrected chi connectivity index (χ1v) is 9.78. The number of nitrogen functional groups attached to an aromatic ring is 1. The summed E-state index contributed by atoms with van der Waals surface area (Å²) in [7, 11) is 0. The Balaban J connectivity index is 1.81. The Labute approximate surface area is 178 Å². The Morgan fingerprint density at radius 2 is 2.10 bits per heavy atom. The highest BCUT2D eigenvalue weighted by atomic mass is 16.2. The van der Waals surface area contributed by atoms with Crippen LogP contribution in [0.5, 0.6) is 0 Å². The zero-order valence-corrected chi connectivity index (χ0v) is 17.7. The number of hydrogen-bond acceptors (Lipinski definition) is 7. The highest BCUT2D eigenvalue weighted by Gasteiger charge is 2.47. The molecule has 0 spiro atoms. The van der Waals surface area contributed by atoms with Gasteiger partial charge in [-0.3, -0.25) is 14.5 Å². The fraction of sp³-hybridized carbons (Fsp3) is 0.333. The number of fused-ring (bicyclic) bond motifs is 1. The minimum Gasteiger partial charge on any atom is -0.382 e. The maximum atomic E-state index is 13.3. The van der Waals surface area contributed by atoms with Crippen LogP contribution < -0.4 is 10.6 Å². The van der Waals surface area contributed by atoms with E-state index in [2.05, 4.69) is 16.2 Å². The molecule has 0 bridgehead atoms. The molecule has 31 heavy (non-hydrogen) atoms. The number of anilines is 2. The quantitative estimate of drug-likeness (QED) is 0.668. The number of nitrogens with two attached hydrogens (primary N) is 1. The molecule has 1 fully saturated rings. The van der Waals surface area contributed by atoms with Gasteiger partial charge >= 0.3 is 0 Å². The van der Waals surface area contributed by atoms with E-state index in [0.29, 0.717) is 34.8 Å². The van der Waals surface area contributed by atoms with Crippen molar-refractivity contribution in [3.8, 4) is 17.5 Å². The van der Waals surface area contributed by atoms with Crippen LogP contribution in [0.3, 0.4) is 0 Å². The van der Waals surface area contributed by atoms with E-state index >= 15 is 0 Å². The number of carbonyl (C=O) groups is 2. The molecule has 2 N–H and O–H groups in total. The first-order chi connectivity index (χ1) is 14.7. The van der Waals surface area contributed by atoms with Crippen LogP contribution >= 0.6 is 0 Å². The number of aromatic nitrogens is 4. The van der Waals surface area contributed by atoms with E-state index in [1.807, 2.05) is 6.92 Å². The van der Waals surface area contributed by atoms with E-state index in [-0.39, 0.29) is 23.7 Å². The molecule has 4 heterocycles. The van der Waals surface area contributed by atoms with Crippen LogP contribution in [-0.2, 0) is 9.59 Å². The average molecular weight is 418 g/mol. The van der Waals surface area contributed by atoms with E-state index in [1.54, 1.807) is 47.9 Å². The highest BCUT2D eigenvalue weighted by molar-refractivity contribution is 6.02. The summed E-state index contributed by atoms with van der Waals surface area (Å²) in [4.78, 5) is 37.3. The molecule has 3 aromatic heterocycles. The van der Waals surface area contributed by atoms with E-state index in [4.69, 9.17) is 10.7 Å². The Morgan fingerprint density at radius 1 is 1.35 bits per heavy atom. The topological polar surface area (TPSA) is 134 Å².